The molecule has 0 fully saturated rings. The van der Waals surface area contributed by atoms with Gasteiger partial charge in [-0.05, 0) is 12.0 Å². The minimum atomic E-state index is -1.69. The number of aliphatic hydroxyl groups is 1. The third-order valence-corrected chi connectivity index (χ3v) is 3.69. The van der Waals surface area contributed by atoms with Crippen LogP contribution in [0.25, 0.3) is 0 Å². The van der Waals surface area contributed by atoms with Gasteiger partial charge in [-0.2, -0.15) is 0 Å². The molecule has 1 rings (SSSR count). The fraction of sp³-hybridized carbons (Fsp3) is 0.529. The number of hydrogen-bond donors (Lipinski definition) is 3. The van der Waals surface area contributed by atoms with E-state index in [0.717, 1.165) is 24.8 Å². The topological polar surface area (TPSA) is 95.9 Å². The quantitative estimate of drug-likeness (QED) is 0.575. The molecule has 1 aromatic carbocycles. The Bertz CT molecular complexity index is 491. The van der Waals surface area contributed by atoms with Gasteiger partial charge in [0, 0.05) is 0 Å². The van der Waals surface area contributed by atoms with Crippen molar-refractivity contribution in [2.75, 3.05) is 6.61 Å². The van der Waals surface area contributed by atoms with Gasteiger partial charge in [0.1, 0.15) is 6.61 Å². The van der Waals surface area contributed by atoms with Gasteiger partial charge in [-0.15, -0.1) is 0 Å². The molecule has 1 amide bonds. The number of unbranched alkanes of at least 4 members (excludes halogenated alkanes) is 3. The highest BCUT2D eigenvalue weighted by molar-refractivity contribution is 5.84. The first-order chi connectivity index (χ1) is 11.0. The molecule has 0 saturated heterocycles. The predicted molar refractivity (Wildman–Crippen MR) is 86.0 cm³/mol. The standard InChI is InChI=1S/C17H25NO5/c1-2-3-4-8-11-17(13-19,15(20)21)18-16(22)23-12-14-9-6-5-7-10-14/h5-7,9-10,19H,2-4,8,11-13H2,1H3,(H,18,22)(H,20,21)/t17-/m0/s1. The second-order valence-corrected chi connectivity index (χ2v) is 5.54. The Morgan fingerprint density at radius 1 is 1.17 bits per heavy atom. The number of hydrogen-bond acceptors (Lipinski definition) is 4. The Morgan fingerprint density at radius 2 is 1.87 bits per heavy atom. The number of nitrogens with one attached hydrogen (secondary N) is 1. The van der Waals surface area contributed by atoms with Crippen LogP contribution in [0.2, 0.25) is 0 Å². The van der Waals surface area contributed by atoms with Crippen LogP contribution in [-0.4, -0.2) is 34.4 Å². The van der Waals surface area contributed by atoms with Gasteiger partial charge in [-0.3, -0.25) is 0 Å². The lowest BCUT2D eigenvalue weighted by Crippen LogP contribution is -2.57. The molecule has 1 aromatic rings. The van der Waals surface area contributed by atoms with Gasteiger partial charge < -0.3 is 20.3 Å². The minimum absolute atomic E-state index is 0.0453. The molecule has 0 aromatic heterocycles. The lowest BCUT2D eigenvalue weighted by molar-refractivity contribution is -0.147. The molecule has 0 spiro atoms. The van der Waals surface area contributed by atoms with Crippen molar-refractivity contribution >= 4 is 12.1 Å². The van der Waals surface area contributed by atoms with Crippen molar-refractivity contribution < 1.29 is 24.5 Å². The number of carboxylic acid groups (broad SMARTS) is 1. The summed E-state index contributed by atoms with van der Waals surface area (Å²) in [5.74, 6) is -1.26. The largest absolute Gasteiger partial charge is 0.479 e. The second-order valence-electron chi connectivity index (χ2n) is 5.54. The fourth-order valence-electron chi connectivity index (χ4n) is 2.22. The maximum Gasteiger partial charge on any atom is 0.408 e. The molecule has 23 heavy (non-hydrogen) atoms. The van der Waals surface area contributed by atoms with Gasteiger partial charge in [0.15, 0.2) is 5.54 Å². The van der Waals surface area contributed by atoms with Crippen LogP contribution in [0.5, 0.6) is 0 Å². The summed E-state index contributed by atoms with van der Waals surface area (Å²) in [5.41, 5.74) is -0.892. The number of carbonyl (C=O) groups excluding carboxylic acids is 1. The van der Waals surface area contributed by atoms with Crippen molar-refractivity contribution in [1.82, 2.24) is 5.32 Å². The van der Waals surface area contributed by atoms with Gasteiger partial charge in [-0.1, -0.05) is 62.9 Å². The maximum absolute atomic E-state index is 11.9. The van der Waals surface area contributed by atoms with Gasteiger partial charge >= 0.3 is 12.1 Å². The van der Waals surface area contributed by atoms with E-state index in [4.69, 9.17) is 4.74 Å². The summed E-state index contributed by atoms with van der Waals surface area (Å²) in [6.07, 6.45) is 2.79. The summed E-state index contributed by atoms with van der Waals surface area (Å²) in [5, 5.41) is 21.2. The first kappa shape index (κ1) is 19.0. The monoisotopic (exact) mass is 323 g/mol. The summed E-state index contributed by atoms with van der Waals surface area (Å²) >= 11 is 0. The SMILES string of the molecule is CCCCCC[C@@](CO)(NC(=O)OCc1ccccc1)C(=O)O. The summed E-state index contributed by atoms with van der Waals surface area (Å²) in [6, 6.07) is 9.09. The van der Waals surface area contributed by atoms with Crippen LogP contribution < -0.4 is 5.32 Å². The van der Waals surface area contributed by atoms with Crippen LogP contribution >= 0.6 is 0 Å². The predicted octanol–water partition coefficient (Wildman–Crippen LogP) is 2.70. The van der Waals surface area contributed by atoms with Crippen molar-refractivity contribution in [2.45, 2.75) is 51.2 Å². The van der Waals surface area contributed by atoms with E-state index in [0.29, 0.717) is 6.42 Å². The molecule has 0 heterocycles. The fourth-order valence-corrected chi connectivity index (χ4v) is 2.22. The number of carbonyl (C=O) groups is 2. The van der Waals surface area contributed by atoms with Crippen molar-refractivity contribution in [3.8, 4) is 0 Å². The molecule has 3 N–H and O–H groups in total. The number of amides is 1. The second kappa shape index (κ2) is 9.84. The average molecular weight is 323 g/mol. The first-order valence-corrected chi connectivity index (χ1v) is 7.87. The first-order valence-electron chi connectivity index (χ1n) is 7.87. The van der Waals surface area contributed by atoms with E-state index in [2.05, 4.69) is 12.2 Å². The van der Waals surface area contributed by atoms with Gasteiger partial charge in [-0.25, -0.2) is 9.59 Å². The van der Waals surface area contributed by atoms with Crippen LogP contribution in [0.1, 0.15) is 44.6 Å². The van der Waals surface area contributed by atoms with E-state index < -0.39 is 24.2 Å². The molecule has 1 atom stereocenters. The zero-order valence-corrected chi connectivity index (χ0v) is 13.5. The van der Waals surface area contributed by atoms with E-state index in [-0.39, 0.29) is 13.0 Å². The van der Waals surface area contributed by atoms with Crippen LogP contribution in [0, 0.1) is 0 Å². The molecule has 0 radical (unpaired) electrons. The number of ether oxygens (including phenoxy) is 1. The third kappa shape index (κ3) is 6.28. The molecule has 6 heteroatoms. The summed E-state index contributed by atoms with van der Waals surface area (Å²) < 4.78 is 5.04. The molecule has 0 bridgehead atoms. The minimum Gasteiger partial charge on any atom is -0.479 e. The van der Waals surface area contributed by atoms with E-state index >= 15 is 0 Å². The molecule has 0 saturated carbocycles. The highest BCUT2D eigenvalue weighted by Crippen LogP contribution is 2.17. The lowest BCUT2D eigenvalue weighted by atomic mass is 9.93. The Balaban J connectivity index is 2.57. The Labute approximate surface area is 136 Å². The maximum atomic E-state index is 11.9. The number of aliphatic hydroxyl groups excluding tert-OH is 1. The normalized spacial score (nSPS) is 13.1. The van der Waals surface area contributed by atoms with Gasteiger partial charge in [0.05, 0.1) is 6.61 Å². The Kier molecular flexibility index (Phi) is 8.11. The summed E-state index contributed by atoms with van der Waals surface area (Å²) in [6.45, 7) is 1.42. The Hall–Kier alpha value is -2.08. The highest BCUT2D eigenvalue weighted by Gasteiger charge is 2.39. The van der Waals surface area contributed by atoms with Crippen molar-refractivity contribution in [3.63, 3.8) is 0 Å². The zero-order valence-electron chi connectivity index (χ0n) is 13.5. The van der Waals surface area contributed by atoms with E-state index in [1.165, 1.54) is 0 Å². The van der Waals surface area contributed by atoms with Crippen LogP contribution in [0.3, 0.4) is 0 Å². The van der Waals surface area contributed by atoms with E-state index in [1.807, 2.05) is 18.2 Å². The molecule has 0 unspecified atom stereocenters. The average Bonchev–Trinajstić information content (AvgIpc) is 2.56. The number of aliphatic carboxylic acids is 1. The van der Waals surface area contributed by atoms with Crippen molar-refractivity contribution in [2.24, 2.45) is 0 Å². The van der Waals surface area contributed by atoms with Gasteiger partial charge in [0.2, 0.25) is 0 Å². The summed E-state index contributed by atoms with van der Waals surface area (Å²) in [4.78, 5) is 23.4. The number of benzene rings is 1. The molecule has 128 valence electrons. The Morgan fingerprint density at radius 3 is 2.43 bits per heavy atom. The molecular weight excluding hydrogens is 298 g/mol. The third-order valence-electron chi connectivity index (χ3n) is 3.69. The van der Waals surface area contributed by atoms with Crippen molar-refractivity contribution in [3.05, 3.63) is 35.9 Å². The van der Waals surface area contributed by atoms with Crippen LogP contribution in [-0.2, 0) is 16.1 Å². The van der Waals surface area contributed by atoms with E-state index in [1.54, 1.807) is 12.1 Å². The highest BCUT2D eigenvalue weighted by atomic mass is 16.5. The van der Waals surface area contributed by atoms with E-state index in [9.17, 15) is 19.8 Å². The van der Waals surface area contributed by atoms with Crippen LogP contribution in [0.4, 0.5) is 4.79 Å². The summed E-state index contributed by atoms with van der Waals surface area (Å²) in [7, 11) is 0. The molecule has 0 aliphatic rings. The lowest BCUT2D eigenvalue weighted by Gasteiger charge is -2.28. The number of carboxylic acids is 1. The number of rotatable bonds is 10. The van der Waals surface area contributed by atoms with Gasteiger partial charge in [0.25, 0.3) is 0 Å². The number of alkyl carbamates (subject to hydrolysis) is 1. The molecular formula is C17H25NO5. The molecule has 6 nitrogen and oxygen atoms in total. The smallest absolute Gasteiger partial charge is 0.408 e. The zero-order chi connectivity index (χ0) is 17.1. The molecule has 0 aliphatic carbocycles. The van der Waals surface area contributed by atoms with Crippen molar-refractivity contribution in [1.29, 1.82) is 0 Å². The molecule has 0 aliphatic heterocycles. The van der Waals surface area contributed by atoms with Crippen LogP contribution in [0.15, 0.2) is 30.3 Å².